The van der Waals surface area contributed by atoms with Gasteiger partial charge < -0.3 is 4.98 Å². The topological polar surface area (TPSA) is 45.8 Å². The molecule has 0 aliphatic rings. The second kappa shape index (κ2) is 8.76. The summed E-state index contributed by atoms with van der Waals surface area (Å²) in [6.45, 7) is 0. The number of benzene rings is 4. The molecule has 5 heteroatoms. The number of hydrogen-bond acceptors (Lipinski definition) is 2. The standard InChI is InChI=1S/C26H17ClN2O.ClH/c27-25(30)19-11-13-20(14-12-19)26-28-22-16-15-21(17-7-3-1-4-8-17)23(24(22)29-26)18-9-5-2-6-10-18;/h1-16H,(H,28,29);1H. The average Bonchev–Trinajstić information content (AvgIpc) is 3.24. The van der Waals surface area contributed by atoms with Crippen molar-refractivity contribution in [1.82, 2.24) is 9.97 Å². The Balaban J connectivity index is 0.00000231. The van der Waals surface area contributed by atoms with Crippen molar-refractivity contribution in [3.8, 4) is 33.6 Å². The van der Waals surface area contributed by atoms with Gasteiger partial charge in [0.25, 0.3) is 5.24 Å². The fourth-order valence-electron chi connectivity index (χ4n) is 3.73. The number of rotatable bonds is 4. The lowest BCUT2D eigenvalue weighted by molar-refractivity contribution is 0.108. The Bertz CT molecular complexity index is 1350. The number of H-pyrrole nitrogens is 1. The average molecular weight is 445 g/mol. The van der Waals surface area contributed by atoms with Gasteiger partial charge in [0.15, 0.2) is 0 Å². The first kappa shape index (κ1) is 20.9. The Hall–Kier alpha value is -3.40. The monoisotopic (exact) mass is 444 g/mol. The van der Waals surface area contributed by atoms with Crippen LogP contribution in [0.3, 0.4) is 0 Å². The molecule has 0 unspecified atom stereocenters. The molecule has 3 nitrogen and oxygen atoms in total. The number of carbonyl (C=O) groups excluding carboxylic acids is 1. The predicted molar refractivity (Wildman–Crippen MR) is 130 cm³/mol. The summed E-state index contributed by atoms with van der Waals surface area (Å²) in [6, 6.07) is 32.0. The third kappa shape index (κ3) is 3.98. The van der Waals surface area contributed by atoms with E-state index >= 15 is 0 Å². The Morgan fingerprint density at radius 1 is 0.710 bits per heavy atom. The van der Waals surface area contributed by atoms with E-state index in [0.29, 0.717) is 5.56 Å². The smallest absolute Gasteiger partial charge is 0.252 e. The van der Waals surface area contributed by atoms with E-state index in [4.69, 9.17) is 16.6 Å². The van der Waals surface area contributed by atoms with Crippen LogP contribution in [0, 0.1) is 0 Å². The molecule has 0 atom stereocenters. The quantitative estimate of drug-likeness (QED) is 0.294. The largest absolute Gasteiger partial charge is 0.338 e. The third-order valence-corrected chi connectivity index (χ3v) is 5.41. The number of nitrogens with zero attached hydrogens (tertiary/aromatic N) is 1. The summed E-state index contributed by atoms with van der Waals surface area (Å²) in [7, 11) is 0. The van der Waals surface area contributed by atoms with E-state index < -0.39 is 5.24 Å². The van der Waals surface area contributed by atoms with Crippen LogP contribution >= 0.6 is 24.0 Å². The molecule has 0 radical (unpaired) electrons. The molecule has 1 N–H and O–H groups in total. The fourth-order valence-corrected chi connectivity index (χ4v) is 3.85. The van der Waals surface area contributed by atoms with Crippen LogP contribution in [0.5, 0.6) is 0 Å². The van der Waals surface area contributed by atoms with Crippen molar-refractivity contribution in [3.05, 3.63) is 103 Å². The summed E-state index contributed by atoms with van der Waals surface area (Å²) in [5.74, 6) is 0.751. The molecule has 5 rings (SSSR count). The molecule has 0 amide bonds. The molecule has 5 aromatic rings. The van der Waals surface area contributed by atoms with Crippen molar-refractivity contribution in [2.45, 2.75) is 0 Å². The predicted octanol–water partition coefficient (Wildman–Crippen LogP) is 7.36. The van der Waals surface area contributed by atoms with Crippen LogP contribution in [-0.2, 0) is 0 Å². The minimum Gasteiger partial charge on any atom is -0.338 e. The van der Waals surface area contributed by atoms with Gasteiger partial charge in [-0.05, 0) is 46.5 Å². The lowest BCUT2D eigenvalue weighted by atomic mass is 9.93. The number of fused-ring (bicyclic) bond motifs is 1. The second-order valence-corrected chi connectivity index (χ2v) is 7.40. The van der Waals surface area contributed by atoms with Gasteiger partial charge in [0, 0.05) is 16.7 Å². The Kier molecular flexibility index (Phi) is 5.90. The summed E-state index contributed by atoms with van der Waals surface area (Å²) in [6.07, 6.45) is 0. The van der Waals surface area contributed by atoms with Crippen LogP contribution in [0.15, 0.2) is 97.1 Å². The molecule has 0 aliphatic heterocycles. The molecule has 1 aromatic heterocycles. The highest BCUT2D eigenvalue weighted by molar-refractivity contribution is 6.67. The van der Waals surface area contributed by atoms with Gasteiger partial charge in [-0.3, -0.25) is 4.79 Å². The summed E-state index contributed by atoms with van der Waals surface area (Å²) in [5, 5.41) is -0.468. The highest BCUT2D eigenvalue weighted by Gasteiger charge is 2.16. The van der Waals surface area contributed by atoms with Gasteiger partial charge in [-0.2, -0.15) is 0 Å². The lowest BCUT2D eigenvalue weighted by Crippen LogP contribution is -1.88. The van der Waals surface area contributed by atoms with Crippen molar-refractivity contribution < 1.29 is 4.79 Å². The molecule has 1 heterocycles. The van der Waals surface area contributed by atoms with Crippen molar-refractivity contribution in [1.29, 1.82) is 0 Å². The van der Waals surface area contributed by atoms with E-state index in [2.05, 4.69) is 41.4 Å². The number of nitrogens with one attached hydrogen (secondary N) is 1. The third-order valence-electron chi connectivity index (χ3n) is 5.19. The molecule has 0 saturated carbocycles. The van der Waals surface area contributed by atoms with Crippen molar-refractivity contribution in [3.63, 3.8) is 0 Å². The van der Waals surface area contributed by atoms with Crippen LogP contribution in [0.2, 0.25) is 0 Å². The summed E-state index contributed by atoms with van der Waals surface area (Å²) in [5.41, 5.74) is 7.72. The van der Waals surface area contributed by atoms with E-state index in [1.807, 2.05) is 48.5 Å². The lowest BCUT2D eigenvalue weighted by Gasteiger charge is -2.11. The molecule has 31 heavy (non-hydrogen) atoms. The normalized spacial score (nSPS) is 10.6. The molecule has 0 fully saturated rings. The fraction of sp³-hybridized carbons (Fsp3) is 0. The molecule has 152 valence electrons. The molecule has 0 bridgehead atoms. The van der Waals surface area contributed by atoms with E-state index in [9.17, 15) is 4.79 Å². The molecule has 0 aliphatic carbocycles. The number of hydrogen-bond donors (Lipinski definition) is 1. The van der Waals surface area contributed by atoms with Gasteiger partial charge in [-0.15, -0.1) is 12.4 Å². The maximum Gasteiger partial charge on any atom is 0.252 e. The Morgan fingerprint density at radius 3 is 1.94 bits per heavy atom. The highest BCUT2D eigenvalue weighted by atomic mass is 35.5. The number of imidazole rings is 1. The van der Waals surface area contributed by atoms with Gasteiger partial charge in [0.05, 0.1) is 11.0 Å². The van der Waals surface area contributed by atoms with Crippen LogP contribution in [0.1, 0.15) is 10.4 Å². The van der Waals surface area contributed by atoms with Crippen LogP contribution in [0.4, 0.5) is 0 Å². The molecule has 0 saturated heterocycles. The summed E-state index contributed by atoms with van der Waals surface area (Å²) < 4.78 is 0. The van der Waals surface area contributed by atoms with Crippen molar-refractivity contribution in [2.24, 2.45) is 0 Å². The van der Waals surface area contributed by atoms with Crippen LogP contribution < -0.4 is 0 Å². The molecule has 4 aromatic carbocycles. The van der Waals surface area contributed by atoms with Gasteiger partial charge in [-0.25, -0.2) is 4.98 Å². The zero-order valence-corrected chi connectivity index (χ0v) is 18.0. The van der Waals surface area contributed by atoms with Gasteiger partial charge >= 0.3 is 0 Å². The Morgan fingerprint density at radius 2 is 1.32 bits per heavy atom. The second-order valence-electron chi connectivity index (χ2n) is 7.05. The molecule has 0 spiro atoms. The molecular formula is C26H18Cl2N2O. The van der Waals surface area contributed by atoms with Crippen molar-refractivity contribution >= 4 is 40.3 Å². The summed E-state index contributed by atoms with van der Waals surface area (Å²) >= 11 is 5.57. The number of halogens is 2. The minimum atomic E-state index is -0.468. The van der Waals surface area contributed by atoms with Crippen LogP contribution in [0.25, 0.3) is 44.7 Å². The number of aromatic amines is 1. The van der Waals surface area contributed by atoms with E-state index in [-0.39, 0.29) is 12.4 Å². The zero-order chi connectivity index (χ0) is 20.5. The van der Waals surface area contributed by atoms with E-state index in [1.165, 1.54) is 0 Å². The first-order chi connectivity index (χ1) is 14.7. The first-order valence-corrected chi connectivity index (χ1v) is 10.0. The van der Waals surface area contributed by atoms with Crippen LogP contribution in [-0.4, -0.2) is 15.2 Å². The van der Waals surface area contributed by atoms with Gasteiger partial charge in [0.2, 0.25) is 0 Å². The van der Waals surface area contributed by atoms with E-state index in [1.54, 1.807) is 12.1 Å². The maximum absolute atomic E-state index is 11.3. The minimum absolute atomic E-state index is 0. The highest BCUT2D eigenvalue weighted by Crippen LogP contribution is 2.38. The van der Waals surface area contributed by atoms with Gasteiger partial charge in [0.1, 0.15) is 5.82 Å². The van der Waals surface area contributed by atoms with E-state index in [0.717, 1.165) is 44.7 Å². The number of aromatic nitrogens is 2. The molecular weight excluding hydrogens is 427 g/mol. The summed E-state index contributed by atoms with van der Waals surface area (Å²) in [4.78, 5) is 19.7. The first-order valence-electron chi connectivity index (χ1n) is 9.64. The van der Waals surface area contributed by atoms with Gasteiger partial charge in [-0.1, -0.05) is 78.9 Å². The zero-order valence-electron chi connectivity index (χ0n) is 16.4. The Labute approximate surface area is 191 Å². The SMILES string of the molecule is Cl.O=C(Cl)c1ccc(-c2nc3c(-c4ccccc4)c(-c4ccccc4)ccc3[nH]2)cc1. The van der Waals surface area contributed by atoms with Crippen molar-refractivity contribution in [2.75, 3.05) is 0 Å². The maximum atomic E-state index is 11.3. The number of carbonyl (C=O) groups is 1.